The number of amides is 1. The molecule has 0 saturated carbocycles. The maximum absolute atomic E-state index is 12.4. The molecule has 0 aliphatic rings. The topological polar surface area (TPSA) is 66.4 Å². The average Bonchev–Trinajstić information content (AvgIpc) is 2.51. The highest BCUT2D eigenvalue weighted by Crippen LogP contribution is 2.22. The maximum atomic E-state index is 12.4. The summed E-state index contributed by atoms with van der Waals surface area (Å²) in [4.78, 5) is 24.1. The van der Waals surface area contributed by atoms with Crippen molar-refractivity contribution in [2.75, 3.05) is 5.32 Å². The van der Waals surface area contributed by atoms with Gasteiger partial charge in [-0.3, -0.25) is 9.59 Å². The van der Waals surface area contributed by atoms with Crippen LogP contribution < -0.4 is 5.32 Å². The Labute approximate surface area is 142 Å². The van der Waals surface area contributed by atoms with Gasteiger partial charge >= 0.3 is 5.97 Å². The van der Waals surface area contributed by atoms with E-state index in [2.05, 4.69) is 5.32 Å². The number of hydrogen-bond donors (Lipinski definition) is 2. The molecule has 0 radical (unpaired) electrons. The first-order valence-corrected chi connectivity index (χ1v) is 8.02. The van der Waals surface area contributed by atoms with Gasteiger partial charge in [0.25, 0.3) is 0 Å². The number of para-hydroxylation sites is 1. The Bertz CT molecular complexity index is 705. The van der Waals surface area contributed by atoms with Gasteiger partial charge in [0.1, 0.15) is 0 Å². The smallest absolute Gasteiger partial charge is 0.307 e. The van der Waals surface area contributed by atoms with Crippen molar-refractivity contribution in [2.24, 2.45) is 11.8 Å². The highest BCUT2D eigenvalue weighted by molar-refractivity contribution is 5.94. The Morgan fingerprint density at radius 2 is 1.62 bits per heavy atom. The van der Waals surface area contributed by atoms with Crippen molar-refractivity contribution < 1.29 is 14.7 Å². The van der Waals surface area contributed by atoms with Crippen molar-refractivity contribution in [3.8, 4) is 0 Å². The molecule has 0 aliphatic heterocycles. The molecule has 0 saturated heterocycles. The third kappa shape index (κ3) is 4.69. The van der Waals surface area contributed by atoms with Crippen molar-refractivity contribution in [2.45, 2.75) is 27.2 Å². The Hall–Kier alpha value is -2.62. The van der Waals surface area contributed by atoms with Crippen LogP contribution in [-0.2, 0) is 16.0 Å². The largest absolute Gasteiger partial charge is 0.481 e. The first kappa shape index (κ1) is 17.7. The van der Waals surface area contributed by atoms with Gasteiger partial charge < -0.3 is 10.4 Å². The van der Waals surface area contributed by atoms with E-state index in [0.717, 1.165) is 16.7 Å². The lowest BCUT2D eigenvalue weighted by Crippen LogP contribution is -2.33. The number of benzene rings is 2. The molecular formula is C20H23NO3. The van der Waals surface area contributed by atoms with Crippen LogP contribution in [0.5, 0.6) is 0 Å². The number of carboxylic acids is 1. The van der Waals surface area contributed by atoms with Gasteiger partial charge in [-0.05, 0) is 38.0 Å². The van der Waals surface area contributed by atoms with Gasteiger partial charge in [-0.2, -0.15) is 0 Å². The number of aliphatic carboxylic acids is 1. The molecule has 0 unspecified atom stereocenters. The number of aryl methyl sites for hydroxylation is 2. The van der Waals surface area contributed by atoms with E-state index < -0.39 is 17.8 Å². The van der Waals surface area contributed by atoms with Gasteiger partial charge in [-0.1, -0.05) is 54.4 Å². The number of carboxylic acid groups (broad SMARTS) is 1. The zero-order valence-corrected chi connectivity index (χ0v) is 14.2. The SMILES string of the molecule is Cc1cc(C)cc(C[C@@H](C(=O)O)[C@H](C)C(=O)Nc2ccccc2)c1. The predicted octanol–water partition coefficient (Wildman–Crippen LogP) is 3.82. The van der Waals surface area contributed by atoms with Crippen molar-refractivity contribution in [3.63, 3.8) is 0 Å². The summed E-state index contributed by atoms with van der Waals surface area (Å²) in [7, 11) is 0. The van der Waals surface area contributed by atoms with E-state index in [9.17, 15) is 14.7 Å². The van der Waals surface area contributed by atoms with E-state index in [0.29, 0.717) is 12.1 Å². The summed E-state index contributed by atoms with van der Waals surface area (Å²) in [5, 5.41) is 12.4. The molecule has 2 atom stereocenters. The predicted molar refractivity (Wildman–Crippen MR) is 95.0 cm³/mol. The summed E-state index contributed by atoms with van der Waals surface area (Å²) in [5.74, 6) is -2.64. The van der Waals surface area contributed by atoms with Crippen LogP contribution in [0.4, 0.5) is 5.69 Å². The molecule has 1 amide bonds. The minimum Gasteiger partial charge on any atom is -0.481 e. The minimum atomic E-state index is -0.954. The fraction of sp³-hybridized carbons (Fsp3) is 0.300. The fourth-order valence-corrected chi connectivity index (χ4v) is 2.88. The van der Waals surface area contributed by atoms with Crippen LogP contribution in [0.1, 0.15) is 23.6 Å². The molecule has 2 rings (SSSR count). The first-order valence-electron chi connectivity index (χ1n) is 8.02. The Kier molecular flexibility index (Phi) is 5.74. The summed E-state index contributed by atoms with van der Waals surface area (Å²) in [6.07, 6.45) is 0.335. The van der Waals surface area contributed by atoms with E-state index in [1.54, 1.807) is 19.1 Å². The summed E-state index contributed by atoms with van der Waals surface area (Å²) in [6.45, 7) is 5.63. The van der Waals surface area contributed by atoms with Crippen LogP contribution in [0.15, 0.2) is 48.5 Å². The maximum Gasteiger partial charge on any atom is 0.307 e. The van der Waals surface area contributed by atoms with E-state index in [4.69, 9.17) is 0 Å². The number of carbonyl (C=O) groups excluding carboxylic acids is 1. The Morgan fingerprint density at radius 1 is 1.04 bits per heavy atom. The van der Waals surface area contributed by atoms with Gasteiger partial charge in [-0.25, -0.2) is 0 Å². The summed E-state index contributed by atoms with van der Waals surface area (Å²) in [6, 6.07) is 15.1. The molecule has 0 aliphatic carbocycles. The van der Waals surface area contributed by atoms with Gasteiger partial charge in [0.15, 0.2) is 0 Å². The van der Waals surface area contributed by atoms with Crippen molar-refractivity contribution >= 4 is 17.6 Å². The summed E-state index contributed by atoms with van der Waals surface area (Å²) in [5.41, 5.74) is 3.80. The van der Waals surface area contributed by atoms with Crippen LogP contribution in [0.3, 0.4) is 0 Å². The number of hydrogen-bond acceptors (Lipinski definition) is 2. The van der Waals surface area contributed by atoms with Gasteiger partial charge in [0.2, 0.25) is 5.91 Å². The van der Waals surface area contributed by atoms with Gasteiger partial charge in [0, 0.05) is 11.6 Å². The molecule has 4 nitrogen and oxygen atoms in total. The van der Waals surface area contributed by atoms with Gasteiger partial charge in [0.05, 0.1) is 5.92 Å². The second-order valence-corrected chi connectivity index (χ2v) is 6.29. The lowest BCUT2D eigenvalue weighted by molar-refractivity contribution is -0.145. The standard InChI is InChI=1S/C20H23NO3/c1-13-9-14(2)11-16(10-13)12-18(20(23)24)15(3)19(22)21-17-7-5-4-6-8-17/h4-11,15,18H,12H2,1-3H3,(H,21,22)(H,23,24)/t15-,18+/m0/s1. The number of rotatable bonds is 6. The van der Waals surface area contributed by atoms with Gasteiger partial charge in [-0.15, -0.1) is 0 Å². The Balaban J connectivity index is 2.14. The number of carbonyl (C=O) groups is 2. The van der Waals surface area contributed by atoms with Crippen molar-refractivity contribution in [1.29, 1.82) is 0 Å². The van der Waals surface area contributed by atoms with E-state index in [-0.39, 0.29) is 5.91 Å². The Morgan fingerprint density at radius 3 is 2.17 bits per heavy atom. The second kappa shape index (κ2) is 7.77. The first-order chi connectivity index (χ1) is 11.4. The molecule has 0 aromatic heterocycles. The molecule has 0 fully saturated rings. The van der Waals surface area contributed by atoms with E-state index in [1.807, 2.05) is 50.2 Å². The zero-order chi connectivity index (χ0) is 17.7. The molecule has 2 aromatic rings. The molecule has 2 aromatic carbocycles. The van der Waals surface area contributed by atoms with Crippen LogP contribution in [-0.4, -0.2) is 17.0 Å². The molecule has 126 valence electrons. The molecule has 4 heteroatoms. The number of nitrogens with one attached hydrogen (secondary N) is 1. The lowest BCUT2D eigenvalue weighted by atomic mass is 9.86. The summed E-state index contributed by atoms with van der Waals surface area (Å²) < 4.78 is 0. The van der Waals surface area contributed by atoms with Crippen LogP contribution in [0.2, 0.25) is 0 Å². The minimum absolute atomic E-state index is 0.280. The summed E-state index contributed by atoms with van der Waals surface area (Å²) >= 11 is 0. The second-order valence-electron chi connectivity index (χ2n) is 6.29. The van der Waals surface area contributed by atoms with Crippen LogP contribution in [0.25, 0.3) is 0 Å². The van der Waals surface area contributed by atoms with Crippen LogP contribution in [0, 0.1) is 25.7 Å². The molecule has 0 heterocycles. The van der Waals surface area contributed by atoms with E-state index in [1.165, 1.54) is 0 Å². The molecular weight excluding hydrogens is 302 g/mol. The third-order valence-corrected chi connectivity index (χ3v) is 4.11. The van der Waals surface area contributed by atoms with Crippen molar-refractivity contribution in [3.05, 3.63) is 65.2 Å². The third-order valence-electron chi connectivity index (χ3n) is 4.11. The monoisotopic (exact) mass is 325 g/mol. The highest BCUT2D eigenvalue weighted by atomic mass is 16.4. The lowest BCUT2D eigenvalue weighted by Gasteiger charge is -2.20. The van der Waals surface area contributed by atoms with Crippen molar-refractivity contribution in [1.82, 2.24) is 0 Å². The highest BCUT2D eigenvalue weighted by Gasteiger charge is 2.30. The van der Waals surface area contributed by atoms with E-state index >= 15 is 0 Å². The quantitative estimate of drug-likeness (QED) is 0.848. The average molecular weight is 325 g/mol. The fourth-order valence-electron chi connectivity index (χ4n) is 2.88. The number of anilines is 1. The molecule has 24 heavy (non-hydrogen) atoms. The normalized spacial score (nSPS) is 13.1. The molecule has 2 N–H and O–H groups in total. The zero-order valence-electron chi connectivity index (χ0n) is 14.2. The molecule has 0 spiro atoms. The van der Waals surface area contributed by atoms with Crippen LogP contribution >= 0.6 is 0 Å². The molecule has 0 bridgehead atoms.